The fourth-order valence-corrected chi connectivity index (χ4v) is 3.26. The van der Waals surface area contributed by atoms with E-state index in [-0.39, 0.29) is 24.8 Å². The molecule has 2 N–H and O–H groups in total. The first-order valence-electron chi connectivity index (χ1n) is 10.4. The zero-order valence-corrected chi connectivity index (χ0v) is 17.7. The molecule has 0 saturated carbocycles. The summed E-state index contributed by atoms with van der Waals surface area (Å²) in [6, 6.07) is 21.3. The van der Waals surface area contributed by atoms with Crippen molar-refractivity contribution in [3.63, 3.8) is 0 Å². The van der Waals surface area contributed by atoms with Crippen molar-refractivity contribution in [1.82, 2.24) is 5.32 Å². The van der Waals surface area contributed by atoms with Crippen LogP contribution >= 0.6 is 0 Å². The number of amides is 2. The summed E-state index contributed by atoms with van der Waals surface area (Å²) >= 11 is 0. The van der Waals surface area contributed by atoms with Crippen LogP contribution in [0.2, 0.25) is 0 Å². The molecule has 2 amide bonds. The lowest BCUT2D eigenvalue weighted by molar-refractivity contribution is -0.123. The third kappa shape index (κ3) is 7.20. The molecule has 0 fully saturated rings. The van der Waals surface area contributed by atoms with Crippen molar-refractivity contribution in [1.29, 1.82) is 0 Å². The molecular formula is C25H28N2O4. The van der Waals surface area contributed by atoms with Crippen LogP contribution in [0.15, 0.2) is 66.7 Å². The Hall–Kier alpha value is -3.22. The van der Waals surface area contributed by atoms with Gasteiger partial charge < -0.3 is 20.1 Å². The molecule has 0 atom stereocenters. The molecule has 0 spiro atoms. The summed E-state index contributed by atoms with van der Waals surface area (Å²) in [5.41, 5.74) is 2.56. The average Bonchev–Trinajstić information content (AvgIpc) is 2.78. The number of carbonyl (C=O) groups is 2. The van der Waals surface area contributed by atoms with Crippen LogP contribution in [0.1, 0.15) is 18.1 Å². The van der Waals surface area contributed by atoms with Gasteiger partial charge in [-0.1, -0.05) is 54.6 Å². The van der Waals surface area contributed by atoms with Gasteiger partial charge in [-0.25, -0.2) is 0 Å². The largest absolute Gasteiger partial charge is 0.379 e. The summed E-state index contributed by atoms with van der Waals surface area (Å²) in [5.74, 6) is -0.469. The molecule has 3 rings (SSSR count). The summed E-state index contributed by atoms with van der Waals surface area (Å²) < 4.78 is 10.8. The van der Waals surface area contributed by atoms with Gasteiger partial charge in [-0.05, 0) is 41.0 Å². The molecule has 3 aromatic carbocycles. The van der Waals surface area contributed by atoms with Crippen LogP contribution < -0.4 is 10.6 Å². The Bertz CT molecular complexity index is 1010. The Labute approximate surface area is 182 Å². The van der Waals surface area contributed by atoms with Crippen LogP contribution in [0.3, 0.4) is 0 Å². The fraction of sp³-hybridized carbons (Fsp3) is 0.280. The lowest BCUT2D eigenvalue weighted by Gasteiger charge is -2.10. The highest BCUT2D eigenvalue weighted by Crippen LogP contribution is 2.18. The van der Waals surface area contributed by atoms with Crippen molar-refractivity contribution >= 4 is 28.3 Å². The third-order valence-electron chi connectivity index (χ3n) is 4.73. The highest BCUT2D eigenvalue weighted by Gasteiger charge is 2.09. The normalized spacial score (nSPS) is 10.7. The third-order valence-corrected chi connectivity index (χ3v) is 4.73. The van der Waals surface area contributed by atoms with Crippen LogP contribution in [-0.4, -0.2) is 38.2 Å². The molecule has 162 valence electrons. The minimum atomic E-state index is -0.277. The molecule has 0 radical (unpaired) electrons. The first kappa shape index (κ1) is 22.5. The van der Waals surface area contributed by atoms with Crippen LogP contribution in [0.25, 0.3) is 10.8 Å². The maximum Gasteiger partial charge on any atom is 0.243 e. The van der Waals surface area contributed by atoms with E-state index < -0.39 is 0 Å². The molecule has 0 aliphatic carbocycles. The number of carbonyl (C=O) groups excluding carboxylic acids is 2. The van der Waals surface area contributed by atoms with Crippen molar-refractivity contribution in [2.24, 2.45) is 0 Å². The minimum Gasteiger partial charge on any atom is -0.379 e. The Balaban J connectivity index is 1.45. The number of fused-ring (bicyclic) bond motifs is 1. The zero-order valence-electron chi connectivity index (χ0n) is 17.7. The topological polar surface area (TPSA) is 76.7 Å². The second-order valence-electron chi connectivity index (χ2n) is 7.09. The molecule has 0 unspecified atom stereocenters. The van der Waals surface area contributed by atoms with Crippen LogP contribution in [-0.2, 0) is 32.1 Å². The summed E-state index contributed by atoms with van der Waals surface area (Å²) in [5, 5.41) is 7.64. The molecule has 0 heterocycles. The first-order chi connectivity index (χ1) is 15.2. The van der Waals surface area contributed by atoms with E-state index in [2.05, 4.69) is 10.6 Å². The van der Waals surface area contributed by atoms with E-state index in [9.17, 15) is 9.59 Å². The number of benzene rings is 3. The van der Waals surface area contributed by atoms with Gasteiger partial charge in [0.05, 0.1) is 32.8 Å². The van der Waals surface area contributed by atoms with Gasteiger partial charge in [0.2, 0.25) is 11.8 Å². The van der Waals surface area contributed by atoms with E-state index in [0.29, 0.717) is 32.1 Å². The lowest BCUT2D eigenvalue weighted by atomic mass is 10.0. The number of ether oxygens (including phenoxy) is 2. The molecule has 3 aromatic rings. The summed E-state index contributed by atoms with van der Waals surface area (Å²) in [6.45, 7) is 4.05. The van der Waals surface area contributed by atoms with Gasteiger partial charge in [0.25, 0.3) is 0 Å². The standard InChI is InChI=1S/C25H28N2O4/c1-2-30-13-14-31-18-19-7-5-11-22(15-19)27-25(29)17-26-24(28)16-21-10-6-9-20-8-3-4-12-23(20)21/h3-12,15H,2,13-14,16-18H2,1H3,(H,26,28)(H,27,29). The Morgan fingerprint density at radius 1 is 0.871 bits per heavy atom. The van der Waals surface area contributed by atoms with Crippen molar-refractivity contribution in [3.8, 4) is 0 Å². The predicted octanol–water partition coefficient (Wildman–Crippen LogP) is 3.69. The Kier molecular flexibility index (Phi) is 8.58. The molecule has 0 aromatic heterocycles. The lowest BCUT2D eigenvalue weighted by Crippen LogP contribution is -2.33. The van der Waals surface area contributed by atoms with Gasteiger partial charge in [-0.3, -0.25) is 9.59 Å². The van der Waals surface area contributed by atoms with Gasteiger partial charge >= 0.3 is 0 Å². The highest BCUT2D eigenvalue weighted by molar-refractivity contribution is 5.95. The smallest absolute Gasteiger partial charge is 0.243 e. The first-order valence-corrected chi connectivity index (χ1v) is 10.4. The van der Waals surface area contributed by atoms with E-state index in [4.69, 9.17) is 9.47 Å². The number of anilines is 1. The molecule has 6 nitrogen and oxygen atoms in total. The van der Waals surface area contributed by atoms with E-state index >= 15 is 0 Å². The average molecular weight is 421 g/mol. The van der Waals surface area contributed by atoms with Gasteiger partial charge in [0.15, 0.2) is 0 Å². The predicted molar refractivity (Wildman–Crippen MR) is 122 cm³/mol. The van der Waals surface area contributed by atoms with Crippen LogP contribution in [0, 0.1) is 0 Å². The molecular weight excluding hydrogens is 392 g/mol. The van der Waals surface area contributed by atoms with E-state index in [0.717, 1.165) is 21.9 Å². The van der Waals surface area contributed by atoms with Gasteiger partial charge in [0.1, 0.15) is 0 Å². The maximum atomic E-state index is 12.3. The minimum absolute atomic E-state index is 0.0846. The maximum absolute atomic E-state index is 12.3. The second-order valence-corrected chi connectivity index (χ2v) is 7.09. The van der Waals surface area contributed by atoms with Crippen molar-refractivity contribution in [2.45, 2.75) is 20.0 Å². The summed E-state index contributed by atoms with van der Waals surface area (Å²) in [4.78, 5) is 24.6. The number of rotatable bonds is 11. The molecule has 0 saturated heterocycles. The molecule has 0 aliphatic heterocycles. The van der Waals surface area contributed by atoms with Crippen LogP contribution in [0.5, 0.6) is 0 Å². The molecule has 0 aliphatic rings. The molecule has 6 heteroatoms. The van der Waals surface area contributed by atoms with Crippen molar-refractivity contribution < 1.29 is 19.1 Å². The van der Waals surface area contributed by atoms with E-state index in [1.54, 1.807) is 6.07 Å². The van der Waals surface area contributed by atoms with Gasteiger partial charge in [0, 0.05) is 12.3 Å². The second kappa shape index (κ2) is 11.8. The molecule has 31 heavy (non-hydrogen) atoms. The number of hydrogen-bond acceptors (Lipinski definition) is 4. The van der Waals surface area contributed by atoms with Gasteiger partial charge in [-0.2, -0.15) is 0 Å². The van der Waals surface area contributed by atoms with Crippen molar-refractivity contribution in [3.05, 3.63) is 77.9 Å². The number of nitrogens with one attached hydrogen (secondary N) is 2. The van der Waals surface area contributed by atoms with Crippen LogP contribution in [0.4, 0.5) is 5.69 Å². The monoisotopic (exact) mass is 420 g/mol. The fourth-order valence-electron chi connectivity index (χ4n) is 3.26. The Morgan fingerprint density at radius 2 is 1.65 bits per heavy atom. The molecule has 0 bridgehead atoms. The van der Waals surface area contributed by atoms with Gasteiger partial charge in [-0.15, -0.1) is 0 Å². The summed E-state index contributed by atoms with van der Waals surface area (Å²) in [7, 11) is 0. The van der Waals surface area contributed by atoms with Crippen molar-refractivity contribution in [2.75, 3.05) is 31.7 Å². The number of hydrogen-bond donors (Lipinski definition) is 2. The summed E-state index contributed by atoms with van der Waals surface area (Å²) in [6.07, 6.45) is 0.225. The highest BCUT2D eigenvalue weighted by atomic mass is 16.5. The SMILES string of the molecule is CCOCCOCc1cccc(NC(=O)CNC(=O)Cc2cccc3ccccc23)c1. The zero-order chi connectivity index (χ0) is 21.9. The van der Waals surface area contributed by atoms with E-state index in [1.807, 2.05) is 67.6 Å². The quantitative estimate of drug-likeness (QED) is 0.464. The van der Waals surface area contributed by atoms with E-state index in [1.165, 1.54) is 0 Å². The Morgan fingerprint density at radius 3 is 2.52 bits per heavy atom.